The number of para-hydroxylation sites is 1. The Bertz CT molecular complexity index is 499. The maximum absolute atomic E-state index is 12.2. The highest BCUT2D eigenvalue weighted by Crippen LogP contribution is 2.30. The van der Waals surface area contributed by atoms with Gasteiger partial charge in [0.1, 0.15) is 0 Å². The van der Waals surface area contributed by atoms with Gasteiger partial charge < -0.3 is 14.8 Å². The van der Waals surface area contributed by atoms with Crippen molar-refractivity contribution in [2.24, 2.45) is 0 Å². The summed E-state index contributed by atoms with van der Waals surface area (Å²) in [5, 5.41) is 3.02. The highest BCUT2D eigenvalue weighted by Gasteiger charge is 2.23. The molecule has 5 nitrogen and oxygen atoms in total. The van der Waals surface area contributed by atoms with Crippen LogP contribution >= 0.6 is 0 Å². The summed E-state index contributed by atoms with van der Waals surface area (Å²) in [7, 11) is 3.26. The molecule has 1 N–H and O–H groups in total. The first kappa shape index (κ1) is 16.6. The maximum Gasteiger partial charge on any atom is 0.237 e. The van der Waals surface area contributed by atoms with E-state index in [1.165, 1.54) is 12.8 Å². The second-order valence-electron chi connectivity index (χ2n) is 5.61. The molecule has 0 spiro atoms. The van der Waals surface area contributed by atoms with Gasteiger partial charge in [0.15, 0.2) is 11.5 Å². The van der Waals surface area contributed by atoms with E-state index in [0.717, 1.165) is 36.6 Å². The van der Waals surface area contributed by atoms with Crippen LogP contribution in [0, 0.1) is 0 Å². The highest BCUT2D eigenvalue weighted by molar-refractivity contribution is 5.81. The molecule has 0 aliphatic carbocycles. The molecule has 0 radical (unpaired) electrons. The van der Waals surface area contributed by atoms with Crippen LogP contribution < -0.4 is 14.8 Å². The number of nitrogens with one attached hydrogen (secondary N) is 1. The Labute approximate surface area is 132 Å². The molecule has 0 aromatic heterocycles. The van der Waals surface area contributed by atoms with E-state index >= 15 is 0 Å². The van der Waals surface area contributed by atoms with Gasteiger partial charge in [-0.3, -0.25) is 9.69 Å². The first-order valence-corrected chi connectivity index (χ1v) is 7.89. The Balaban J connectivity index is 1.87. The lowest BCUT2D eigenvalue weighted by molar-refractivity contribution is -0.125. The number of rotatable bonds is 7. The molecule has 1 amide bonds. The van der Waals surface area contributed by atoms with Crippen LogP contribution in [-0.2, 0) is 11.2 Å². The van der Waals surface area contributed by atoms with Crippen LogP contribution in [0.5, 0.6) is 11.5 Å². The number of carbonyl (C=O) groups is 1. The van der Waals surface area contributed by atoms with Crippen LogP contribution in [0.15, 0.2) is 18.2 Å². The topological polar surface area (TPSA) is 50.8 Å². The van der Waals surface area contributed by atoms with E-state index in [0.29, 0.717) is 6.54 Å². The van der Waals surface area contributed by atoms with Crippen molar-refractivity contribution in [1.82, 2.24) is 10.2 Å². The van der Waals surface area contributed by atoms with E-state index in [-0.39, 0.29) is 11.9 Å². The minimum absolute atomic E-state index is 0.0466. The standard InChI is InChI=1S/C17H26N2O3/c1-13(19-11-4-5-12-19)17(20)18-10-9-14-7-6-8-15(21-2)16(14)22-3/h6-8,13H,4-5,9-12H2,1-3H3,(H,18,20). The number of benzene rings is 1. The van der Waals surface area contributed by atoms with Gasteiger partial charge in [0, 0.05) is 6.54 Å². The Morgan fingerprint density at radius 1 is 1.27 bits per heavy atom. The molecular weight excluding hydrogens is 280 g/mol. The van der Waals surface area contributed by atoms with Crippen LogP contribution in [0.4, 0.5) is 0 Å². The summed E-state index contributed by atoms with van der Waals surface area (Å²) in [5.41, 5.74) is 1.04. The van der Waals surface area contributed by atoms with Crippen LogP contribution in [0.3, 0.4) is 0 Å². The monoisotopic (exact) mass is 306 g/mol. The van der Waals surface area contributed by atoms with Crippen molar-refractivity contribution in [3.8, 4) is 11.5 Å². The normalized spacial score (nSPS) is 16.3. The van der Waals surface area contributed by atoms with Gasteiger partial charge in [-0.05, 0) is 50.9 Å². The van der Waals surface area contributed by atoms with Gasteiger partial charge in [0.2, 0.25) is 5.91 Å². The van der Waals surface area contributed by atoms with E-state index in [2.05, 4.69) is 10.2 Å². The number of carbonyl (C=O) groups excluding carboxylic acids is 1. The number of ether oxygens (including phenoxy) is 2. The smallest absolute Gasteiger partial charge is 0.237 e. The molecule has 1 aliphatic rings. The average Bonchev–Trinajstić information content (AvgIpc) is 3.08. The molecule has 22 heavy (non-hydrogen) atoms. The van der Waals surface area contributed by atoms with Crippen molar-refractivity contribution >= 4 is 5.91 Å². The zero-order chi connectivity index (χ0) is 15.9. The summed E-state index contributed by atoms with van der Waals surface area (Å²) in [6.07, 6.45) is 3.11. The van der Waals surface area contributed by atoms with E-state index in [9.17, 15) is 4.79 Å². The molecule has 1 aromatic rings. The number of hydrogen-bond donors (Lipinski definition) is 1. The fourth-order valence-electron chi connectivity index (χ4n) is 2.91. The SMILES string of the molecule is COc1cccc(CCNC(=O)C(C)N2CCCC2)c1OC. The van der Waals surface area contributed by atoms with Crippen molar-refractivity contribution < 1.29 is 14.3 Å². The number of nitrogens with zero attached hydrogens (tertiary/aromatic N) is 1. The lowest BCUT2D eigenvalue weighted by Crippen LogP contribution is -2.44. The molecule has 1 aliphatic heterocycles. The van der Waals surface area contributed by atoms with Crippen LogP contribution in [0.1, 0.15) is 25.3 Å². The second kappa shape index (κ2) is 8.03. The van der Waals surface area contributed by atoms with Gasteiger partial charge in [0.05, 0.1) is 20.3 Å². The molecule has 1 heterocycles. The third-order valence-electron chi connectivity index (χ3n) is 4.25. The van der Waals surface area contributed by atoms with Gasteiger partial charge in [0.25, 0.3) is 0 Å². The van der Waals surface area contributed by atoms with Crippen molar-refractivity contribution in [3.63, 3.8) is 0 Å². The van der Waals surface area contributed by atoms with Gasteiger partial charge in [-0.25, -0.2) is 0 Å². The molecule has 1 unspecified atom stereocenters. The molecule has 5 heteroatoms. The zero-order valence-electron chi connectivity index (χ0n) is 13.7. The third kappa shape index (κ3) is 3.91. The van der Waals surface area contributed by atoms with E-state index in [4.69, 9.17) is 9.47 Å². The Morgan fingerprint density at radius 2 is 2.00 bits per heavy atom. The molecular formula is C17H26N2O3. The molecule has 1 saturated heterocycles. The Morgan fingerprint density at radius 3 is 2.64 bits per heavy atom. The first-order valence-electron chi connectivity index (χ1n) is 7.89. The van der Waals surface area contributed by atoms with Crippen molar-refractivity contribution in [2.75, 3.05) is 33.9 Å². The predicted molar refractivity (Wildman–Crippen MR) is 86.5 cm³/mol. The minimum atomic E-state index is -0.0466. The fraction of sp³-hybridized carbons (Fsp3) is 0.588. The van der Waals surface area contributed by atoms with Crippen LogP contribution in [0.25, 0.3) is 0 Å². The lowest BCUT2D eigenvalue weighted by Gasteiger charge is -2.22. The van der Waals surface area contributed by atoms with Gasteiger partial charge in [-0.2, -0.15) is 0 Å². The first-order chi connectivity index (χ1) is 10.7. The molecule has 2 rings (SSSR count). The highest BCUT2D eigenvalue weighted by atomic mass is 16.5. The molecule has 0 saturated carbocycles. The Kier molecular flexibility index (Phi) is 6.07. The van der Waals surface area contributed by atoms with E-state index < -0.39 is 0 Å². The summed E-state index contributed by atoms with van der Waals surface area (Å²) in [4.78, 5) is 14.4. The number of likely N-dealkylation sites (tertiary alicyclic amines) is 1. The maximum atomic E-state index is 12.2. The number of amides is 1. The minimum Gasteiger partial charge on any atom is -0.493 e. The Hall–Kier alpha value is -1.75. The number of hydrogen-bond acceptors (Lipinski definition) is 4. The van der Waals surface area contributed by atoms with Crippen molar-refractivity contribution in [1.29, 1.82) is 0 Å². The fourth-order valence-corrected chi connectivity index (χ4v) is 2.91. The van der Waals surface area contributed by atoms with Crippen molar-refractivity contribution in [3.05, 3.63) is 23.8 Å². The van der Waals surface area contributed by atoms with Crippen molar-refractivity contribution in [2.45, 2.75) is 32.2 Å². The van der Waals surface area contributed by atoms with E-state index in [1.807, 2.05) is 25.1 Å². The lowest BCUT2D eigenvalue weighted by atomic mass is 10.1. The van der Waals surface area contributed by atoms with Gasteiger partial charge in [-0.1, -0.05) is 12.1 Å². The molecule has 1 atom stereocenters. The zero-order valence-corrected chi connectivity index (χ0v) is 13.7. The molecule has 1 fully saturated rings. The van der Waals surface area contributed by atoms with Gasteiger partial charge in [-0.15, -0.1) is 0 Å². The largest absolute Gasteiger partial charge is 0.493 e. The van der Waals surface area contributed by atoms with Crippen LogP contribution in [-0.4, -0.2) is 50.7 Å². The van der Waals surface area contributed by atoms with E-state index in [1.54, 1.807) is 14.2 Å². The third-order valence-corrected chi connectivity index (χ3v) is 4.25. The average molecular weight is 306 g/mol. The summed E-state index contributed by atoms with van der Waals surface area (Å²) in [5.74, 6) is 1.56. The predicted octanol–water partition coefficient (Wildman–Crippen LogP) is 1.85. The quantitative estimate of drug-likeness (QED) is 0.835. The molecule has 1 aromatic carbocycles. The van der Waals surface area contributed by atoms with Crippen LogP contribution in [0.2, 0.25) is 0 Å². The molecule has 122 valence electrons. The molecule has 0 bridgehead atoms. The van der Waals surface area contributed by atoms with Gasteiger partial charge >= 0.3 is 0 Å². The summed E-state index contributed by atoms with van der Waals surface area (Å²) >= 11 is 0. The second-order valence-corrected chi connectivity index (χ2v) is 5.61. The number of methoxy groups -OCH3 is 2. The summed E-state index contributed by atoms with van der Waals surface area (Å²) in [6, 6.07) is 5.76. The summed E-state index contributed by atoms with van der Waals surface area (Å²) < 4.78 is 10.7. The summed E-state index contributed by atoms with van der Waals surface area (Å²) in [6.45, 7) is 4.63.